The van der Waals surface area contributed by atoms with E-state index in [1.807, 2.05) is 0 Å². The zero-order chi connectivity index (χ0) is 16.1. The highest BCUT2D eigenvalue weighted by atomic mass is 32.2. The molecule has 23 heavy (non-hydrogen) atoms. The number of hydrogen-bond acceptors (Lipinski definition) is 6. The third-order valence-corrected chi connectivity index (χ3v) is 8.87. The van der Waals surface area contributed by atoms with E-state index in [1.165, 1.54) is 32.1 Å². The Balaban J connectivity index is 1.44. The lowest BCUT2D eigenvalue weighted by Crippen LogP contribution is -1.84. The largest absolute Gasteiger partial charge is 0.287 e. The van der Waals surface area contributed by atoms with E-state index >= 15 is 0 Å². The summed E-state index contributed by atoms with van der Waals surface area (Å²) < 4.78 is 0. The predicted molar refractivity (Wildman–Crippen MR) is 105 cm³/mol. The van der Waals surface area contributed by atoms with Gasteiger partial charge in [0.1, 0.15) is 0 Å². The van der Waals surface area contributed by atoms with Crippen LogP contribution in [-0.4, -0.2) is 23.0 Å². The second-order valence-corrected chi connectivity index (χ2v) is 10.3. The molecular weight excluding hydrogens is 364 g/mol. The maximum atomic E-state index is 11.7. The van der Waals surface area contributed by atoms with E-state index in [2.05, 4.69) is 0 Å². The molecule has 0 N–H and O–H groups in total. The van der Waals surface area contributed by atoms with Crippen molar-refractivity contribution in [2.45, 2.75) is 64.5 Å². The van der Waals surface area contributed by atoms with Crippen molar-refractivity contribution in [1.82, 2.24) is 0 Å². The molecule has 3 rings (SSSR count). The molecule has 0 aliphatic carbocycles. The second-order valence-electron chi connectivity index (χ2n) is 5.84. The smallest absolute Gasteiger partial charge is 0.208 e. The van der Waals surface area contributed by atoms with E-state index in [0.29, 0.717) is 10.9 Å². The van der Waals surface area contributed by atoms with E-state index in [-0.39, 0.29) is 0 Å². The number of thioether (sulfide) groups is 4. The summed E-state index contributed by atoms with van der Waals surface area (Å²) in [5.41, 5.74) is 0.626. The van der Waals surface area contributed by atoms with Gasteiger partial charge in [0.2, 0.25) is 10.9 Å². The molecule has 0 fully saturated rings. The van der Waals surface area contributed by atoms with Crippen LogP contribution in [0.15, 0.2) is 29.2 Å². The molecule has 0 amide bonds. The number of rotatable bonds is 0. The van der Waals surface area contributed by atoms with Gasteiger partial charge in [-0.3, -0.25) is 9.59 Å². The highest BCUT2D eigenvalue weighted by molar-refractivity contribution is 8.03. The van der Waals surface area contributed by atoms with Crippen LogP contribution in [0.3, 0.4) is 0 Å². The minimum absolute atomic E-state index is 0.313. The Morgan fingerprint density at radius 2 is 0.696 bits per heavy atom. The molecule has 0 aromatic heterocycles. The lowest BCUT2D eigenvalue weighted by molar-refractivity contribution is 0.711. The average Bonchev–Trinajstić information content (AvgIpc) is 3.37. The standard InChI is InChI=1S/C17H22O2S4/c18-12-14-16(12)22-10-6-3-7-11-23-17-13(19)15(17)21-9-5-2-1-4-8-20-14/h1-11H2. The van der Waals surface area contributed by atoms with Gasteiger partial charge in [-0.2, -0.15) is 0 Å². The molecule has 6 heteroatoms. The molecular formula is C17H22O2S4. The molecule has 0 saturated carbocycles. The van der Waals surface area contributed by atoms with E-state index in [4.69, 9.17) is 0 Å². The summed E-state index contributed by atoms with van der Waals surface area (Å²) in [7, 11) is 0. The maximum absolute atomic E-state index is 11.7. The van der Waals surface area contributed by atoms with Gasteiger partial charge >= 0.3 is 0 Å². The molecule has 2 nitrogen and oxygen atoms in total. The van der Waals surface area contributed by atoms with Crippen LogP contribution >= 0.6 is 47.0 Å². The summed E-state index contributed by atoms with van der Waals surface area (Å²) in [6, 6.07) is 0. The quantitative estimate of drug-likeness (QED) is 0.636. The molecule has 2 aromatic carbocycles. The summed E-state index contributed by atoms with van der Waals surface area (Å²) in [6.07, 6.45) is 8.34. The Bertz CT molecular complexity index is 591. The van der Waals surface area contributed by atoms with E-state index in [9.17, 15) is 9.59 Å². The van der Waals surface area contributed by atoms with Crippen LogP contribution in [0.4, 0.5) is 0 Å². The van der Waals surface area contributed by atoms with Crippen molar-refractivity contribution in [2.24, 2.45) is 0 Å². The maximum Gasteiger partial charge on any atom is 0.208 e. The minimum Gasteiger partial charge on any atom is -0.287 e. The summed E-state index contributed by atoms with van der Waals surface area (Å²) in [6.45, 7) is 0. The molecule has 0 unspecified atom stereocenters. The first-order valence-corrected chi connectivity index (χ1v) is 12.3. The first-order valence-electron chi connectivity index (χ1n) is 8.38. The Kier molecular flexibility index (Phi) is 7.11. The third kappa shape index (κ3) is 5.35. The van der Waals surface area contributed by atoms with Crippen LogP contribution in [0.1, 0.15) is 44.9 Å². The predicted octanol–water partition coefficient (Wildman–Crippen LogP) is 4.97. The topological polar surface area (TPSA) is 34.1 Å². The summed E-state index contributed by atoms with van der Waals surface area (Å²) >= 11 is 7.02. The van der Waals surface area contributed by atoms with Gasteiger partial charge < -0.3 is 0 Å². The van der Waals surface area contributed by atoms with Crippen LogP contribution in [0.2, 0.25) is 0 Å². The molecule has 1 aliphatic heterocycles. The molecule has 126 valence electrons. The summed E-state index contributed by atoms with van der Waals surface area (Å²) in [5, 5.41) is 0. The van der Waals surface area contributed by atoms with Gasteiger partial charge in [-0.1, -0.05) is 19.3 Å². The Morgan fingerprint density at radius 3 is 1.00 bits per heavy atom. The second kappa shape index (κ2) is 9.07. The van der Waals surface area contributed by atoms with Crippen molar-refractivity contribution in [3.8, 4) is 0 Å². The molecule has 0 spiro atoms. The summed E-state index contributed by atoms with van der Waals surface area (Å²) in [5.74, 6) is 4.25. The van der Waals surface area contributed by atoms with Crippen LogP contribution < -0.4 is 10.9 Å². The van der Waals surface area contributed by atoms with E-state index in [0.717, 1.165) is 55.4 Å². The molecule has 0 bridgehead atoms. The van der Waals surface area contributed by atoms with Crippen molar-refractivity contribution < 1.29 is 0 Å². The highest BCUT2D eigenvalue weighted by Crippen LogP contribution is 2.36. The first kappa shape index (κ1) is 18.0. The minimum atomic E-state index is 0.313. The zero-order valence-corrected chi connectivity index (χ0v) is 16.5. The summed E-state index contributed by atoms with van der Waals surface area (Å²) in [4.78, 5) is 27.6. The Hall–Kier alpha value is 0.220. The zero-order valence-electron chi connectivity index (χ0n) is 13.2. The van der Waals surface area contributed by atoms with Gasteiger partial charge in [-0.05, 0) is 48.7 Å². The van der Waals surface area contributed by atoms with Crippen LogP contribution in [0, 0.1) is 0 Å². The molecule has 0 saturated heterocycles. The lowest BCUT2D eigenvalue weighted by Gasteiger charge is -1.99. The van der Waals surface area contributed by atoms with Crippen molar-refractivity contribution in [1.29, 1.82) is 0 Å². The molecule has 0 atom stereocenters. The van der Waals surface area contributed by atoms with Gasteiger partial charge in [0.25, 0.3) is 0 Å². The van der Waals surface area contributed by atoms with Crippen LogP contribution in [-0.2, 0) is 0 Å². The van der Waals surface area contributed by atoms with E-state index < -0.39 is 0 Å². The van der Waals surface area contributed by atoms with Crippen LogP contribution in [0.5, 0.6) is 0 Å². The van der Waals surface area contributed by atoms with Gasteiger partial charge in [-0.25, -0.2) is 0 Å². The van der Waals surface area contributed by atoms with Crippen molar-refractivity contribution in [3.63, 3.8) is 0 Å². The fourth-order valence-corrected chi connectivity index (χ4v) is 7.11. The van der Waals surface area contributed by atoms with Crippen molar-refractivity contribution in [2.75, 3.05) is 23.0 Å². The lowest BCUT2D eigenvalue weighted by atomic mass is 10.2. The first-order chi connectivity index (χ1) is 11.3. The van der Waals surface area contributed by atoms with Gasteiger partial charge in [-0.15, -0.1) is 47.0 Å². The fraction of sp³-hybridized carbons (Fsp3) is 0.647. The van der Waals surface area contributed by atoms with Gasteiger partial charge in [0, 0.05) is 0 Å². The van der Waals surface area contributed by atoms with Crippen molar-refractivity contribution in [3.05, 3.63) is 20.4 Å². The monoisotopic (exact) mass is 386 g/mol. The van der Waals surface area contributed by atoms with Gasteiger partial charge in [0.05, 0.1) is 19.6 Å². The SMILES string of the molecule is O=c1c2c1SCCCCCSc1c(c1=O)SCCCCCCS2. The average molecular weight is 387 g/mol. The number of fused-ring (bicyclic) bond motifs is 2. The molecule has 1 heterocycles. The van der Waals surface area contributed by atoms with E-state index in [1.54, 1.807) is 47.0 Å². The Labute approximate surface area is 154 Å². The molecule has 1 aliphatic rings. The van der Waals surface area contributed by atoms with Crippen LogP contribution in [0.25, 0.3) is 0 Å². The normalized spacial score (nSPS) is 20.5. The van der Waals surface area contributed by atoms with Gasteiger partial charge in [0.15, 0.2) is 0 Å². The molecule has 2 aromatic rings. The Morgan fingerprint density at radius 1 is 0.435 bits per heavy atom. The fourth-order valence-electron chi connectivity index (χ4n) is 2.44. The third-order valence-electron chi connectivity index (χ3n) is 3.93. The number of hydrogen-bond donors (Lipinski definition) is 0. The highest BCUT2D eigenvalue weighted by Gasteiger charge is 2.23. The molecule has 0 radical (unpaired) electrons. The van der Waals surface area contributed by atoms with Crippen molar-refractivity contribution >= 4 is 47.0 Å².